The Morgan fingerprint density at radius 1 is 1.07 bits per heavy atom. The maximum atomic E-state index is 11.8. The highest BCUT2D eigenvalue weighted by atomic mass is 35.5. The van der Waals surface area contributed by atoms with Crippen molar-refractivity contribution in [2.24, 2.45) is 0 Å². The van der Waals surface area contributed by atoms with E-state index in [1.165, 1.54) is 6.08 Å². The van der Waals surface area contributed by atoms with Gasteiger partial charge in [0, 0.05) is 23.7 Å². The van der Waals surface area contributed by atoms with Crippen LogP contribution in [0.25, 0.3) is 6.08 Å². The van der Waals surface area contributed by atoms with Gasteiger partial charge in [-0.15, -0.1) is 0 Å². The second-order valence-corrected chi connectivity index (χ2v) is 6.25. The molecule has 28 heavy (non-hydrogen) atoms. The average Bonchev–Trinajstić information content (AvgIpc) is 2.70. The predicted molar refractivity (Wildman–Crippen MR) is 108 cm³/mol. The van der Waals surface area contributed by atoms with Crippen molar-refractivity contribution in [3.05, 3.63) is 64.7 Å². The smallest absolute Gasteiger partial charge is 0.331 e. The van der Waals surface area contributed by atoms with Crippen LogP contribution in [0.2, 0.25) is 5.02 Å². The van der Waals surface area contributed by atoms with Crippen molar-refractivity contribution in [1.82, 2.24) is 5.32 Å². The van der Waals surface area contributed by atoms with Gasteiger partial charge in [-0.25, -0.2) is 4.79 Å². The van der Waals surface area contributed by atoms with E-state index in [2.05, 4.69) is 5.32 Å². The first-order valence-electron chi connectivity index (χ1n) is 8.59. The summed E-state index contributed by atoms with van der Waals surface area (Å²) in [6.45, 7) is 0.0797. The highest BCUT2D eigenvalue weighted by Crippen LogP contribution is 2.23. The molecule has 0 bridgehead atoms. The van der Waals surface area contributed by atoms with Crippen molar-refractivity contribution in [1.29, 1.82) is 0 Å². The van der Waals surface area contributed by atoms with Crippen LogP contribution in [0, 0.1) is 0 Å². The third-order valence-corrected chi connectivity index (χ3v) is 3.99. The van der Waals surface area contributed by atoms with Crippen LogP contribution in [0.5, 0.6) is 11.5 Å². The second-order valence-electron chi connectivity index (χ2n) is 5.82. The third-order valence-electron chi connectivity index (χ3n) is 3.76. The molecule has 1 amide bonds. The Balaban J connectivity index is 1.75. The molecule has 2 rings (SSSR count). The Hall–Kier alpha value is -2.99. The number of esters is 1. The molecule has 0 aliphatic rings. The third kappa shape index (κ3) is 7.32. The molecule has 0 radical (unpaired) electrons. The number of ether oxygens (including phenoxy) is 3. The number of hydrogen-bond acceptors (Lipinski definition) is 5. The molecule has 0 atom stereocenters. The van der Waals surface area contributed by atoms with E-state index in [0.717, 1.165) is 5.56 Å². The average molecular weight is 404 g/mol. The molecular formula is C21H22ClNO5. The van der Waals surface area contributed by atoms with Crippen LogP contribution in [-0.2, 0) is 20.7 Å². The number of hydrogen-bond donors (Lipinski definition) is 1. The van der Waals surface area contributed by atoms with Gasteiger partial charge in [0.15, 0.2) is 6.61 Å². The minimum Gasteiger partial charge on any atom is -0.497 e. The number of carbonyl (C=O) groups excluding carboxylic acids is 2. The molecule has 2 aromatic rings. The number of nitrogens with one attached hydrogen (secondary N) is 1. The minimum absolute atomic E-state index is 0.347. The lowest BCUT2D eigenvalue weighted by atomic mass is 10.1. The molecule has 0 fully saturated rings. The lowest BCUT2D eigenvalue weighted by Crippen LogP contribution is -2.30. The summed E-state index contributed by atoms with van der Waals surface area (Å²) < 4.78 is 15.3. The zero-order chi connectivity index (χ0) is 20.4. The van der Waals surface area contributed by atoms with E-state index >= 15 is 0 Å². The summed E-state index contributed by atoms with van der Waals surface area (Å²) in [5, 5.41) is 3.34. The van der Waals surface area contributed by atoms with Gasteiger partial charge in [0.2, 0.25) is 0 Å². The first kappa shape index (κ1) is 21.3. The Labute approximate surface area is 169 Å². The SMILES string of the molecule is COc1cc(/C=C/C(=O)OCC(=O)NCCc2cccc(Cl)c2)cc(OC)c1. The van der Waals surface area contributed by atoms with Gasteiger partial charge in [-0.05, 0) is 47.9 Å². The maximum Gasteiger partial charge on any atom is 0.331 e. The lowest BCUT2D eigenvalue weighted by molar-refractivity contribution is -0.143. The standard InChI is InChI=1S/C21H22ClNO5/c1-26-18-11-16(12-19(13-18)27-2)6-7-21(25)28-14-20(24)23-9-8-15-4-3-5-17(22)10-15/h3-7,10-13H,8-9,14H2,1-2H3,(H,23,24)/b7-6+. The fourth-order valence-electron chi connectivity index (χ4n) is 2.36. The van der Waals surface area contributed by atoms with Crippen molar-refractivity contribution >= 4 is 29.6 Å². The number of amides is 1. The first-order chi connectivity index (χ1) is 13.5. The molecule has 0 saturated heterocycles. The van der Waals surface area contributed by atoms with Crippen molar-refractivity contribution in [3.63, 3.8) is 0 Å². The number of carbonyl (C=O) groups is 2. The largest absolute Gasteiger partial charge is 0.497 e. The second kappa shape index (κ2) is 11.0. The summed E-state index contributed by atoms with van der Waals surface area (Å²) >= 11 is 5.91. The lowest BCUT2D eigenvalue weighted by Gasteiger charge is -2.06. The van der Waals surface area contributed by atoms with Crippen molar-refractivity contribution in [3.8, 4) is 11.5 Å². The summed E-state index contributed by atoms with van der Waals surface area (Å²) in [4.78, 5) is 23.6. The van der Waals surface area contributed by atoms with Crippen molar-refractivity contribution in [2.45, 2.75) is 6.42 Å². The van der Waals surface area contributed by atoms with E-state index < -0.39 is 5.97 Å². The molecule has 0 spiro atoms. The van der Waals surface area contributed by atoms with Gasteiger partial charge >= 0.3 is 5.97 Å². The van der Waals surface area contributed by atoms with E-state index in [0.29, 0.717) is 35.1 Å². The Morgan fingerprint density at radius 2 is 1.79 bits per heavy atom. The van der Waals surface area contributed by atoms with Crippen LogP contribution in [0.4, 0.5) is 0 Å². The number of benzene rings is 2. The van der Waals surface area contributed by atoms with Crippen molar-refractivity contribution < 1.29 is 23.8 Å². The van der Waals surface area contributed by atoms with Gasteiger partial charge in [0.1, 0.15) is 11.5 Å². The van der Waals surface area contributed by atoms with Gasteiger partial charge in [-0.1, -0.05) is 23.7 Å². The van der Waals surface area contributed by atoms with Crippen LogP contribution in [0.15, 0.2) is 48.5 Å². The molecule has 0 aliphatic heterocycles. The molecular weight excluding hydrogens is 382 g/mol. The topological polar surface area (TPSA) is 73.9 Å². The highest BCUT2D eigenvalue weighted by Gasteiger charge is 2.05. The van der Waals surface area contributed by atoms with Crippen LogP contribution in [-0.4, -0.2) is 39.2 Å². The van der Waals surface area contributed by atoms with Gasteiger partial charge in [-0.2, -0.15) is 0 Å². The van der Waals surface area contributed by atoms with Gasteiger partial charge in [0.05, 0.1) is 14.2 Å². The number of rotatable bonds is 9. The summed E-state index contributed by atoms with van der Waals surface area (Å²) in [7, 11) is 3.09. The van der Waals surface area contributed by atoms with E-state index in [-0.39, 0.29) is 12.5 Å². The summed E-state index contributed by atoms with van der Waals surface area (Å²) in [5.41, 5.74) is 1.72. The fraction of sp³-hybridized carbons (Fsp3) is 0.238. The maximum absolute atomic E-state index is 11.8. The molecule has 0 unspecified atom stereocenters. The fourth-order valence-corrected chi connectivity index (χ4v) is 2.58. The summed E-state index contributed by atoms with van der Waals surface area (Å²) in [6.07, 6.45) is 3.44. The number of halogens is 1. The molecule has 1 N–H and O–H groups in total. The molecule has 0 heterocycles. The van der Waals surface area contributed by atoms with Crippen LogP contribution < -0.4 is 14.8 Å². The molecule has 148 valence electrons. The van der Waals surface area contributed by atoms with Crippen molar-refractivity contribution in [2.75, 3.05) is 27.4 Å². The Kier molecular flexibility index (Phi) is 8.37. The molecule has 6 nitrogen and oxygen atoms in total. The Morgan fingerprint density at radius 3 is 2.43 bits per heavy atom. The minimum atomic E-state index is -0.619. The Bertz CT molecular complexity index is 828. The first-order valence-corrected chi connectivity index (χ1v) is 8.97. The normalized spacial score (nSPS) is 10.5. The number of methoxy groups -OCH3 is 2. The molecule has 0 aromatic heterocycles. The molecule has 7 heteroatoms. The van der Waals surface area contributed by atoms with E-state index in [9.17, 15) is 9.59 Å². The quantitative estimate of drug-likeness (QED) is 0.513. The van der Waals surface area contributed by atoms with Crippen LogP contribution >= 0.6 is 11.6 Å². The molecule has 0 aliphatic carbocycles. The van der Waals surface area contributed by atoms with E-state index in [1.54, 1.807) is 44.6 Å². The monoisotopic (exact) mass is 403 g/mol. The molecule has 0 saturated carbocycles. The predicted octanol–water partition coefficient (Wildman–Crippen LogP) is 3.27. The van der Waals surface area contributed by atoms with Gasteiger partial charge < -0.3 is 19.5 Å². The zero-order valence-corrected chi connectivity index (χ0v) is 16.5. The summed E-state index contributed by atoms with van der Waals surface area (Å²) in [6, 6.07) is 12.6. The van der Waals surface area contributed by atoms with Crippen LogP contribution in [0.3, 0.4) is 0 Å². The molecule has 2 aromatic carbocycles. The summed E-state index contributed by atoms with van der Waals surface area (Å²) in [5.74, 6) is 0.219. The van der Waals surface area contributed by atoms with Gasteiger partial charge in [0.25, 0.3) is 5.91 Å². The highest BCUT2D eigenvalue weighted by molar-refractivity contribution is 6.30. The van der Waals surface area contributed by atoms with Crippen LogP contribution in [0.1, 0.15) is 11.1 Å². The zero-order valence-electron chi connectivity index (χ0n) is 15.7. The van der Waals surface area contributed by atoms with E-state index in [4.69, 9.17) is 25.8 Å². The van der Waals surface area contributed by atoms with E-state index in [1.807, 2.05) is 18.2 Å². The van der Waals surface area contributed by atoms with Gasteiger partial charge in [-0.3, -0.25) is 4.79 Å².